The lowest BCUT2D eigenvalue weighted by Gasteiger charge is -2.12. The molecule has 0 unspecified atom stereocenters. The molecule has 1 aromatic rings. The number of hydrogen-bond acceptors (Lipinski definition) is 3. The molecule has 3 nitrogen and oxygen atoms in total. The van der Waals surface area contributed by atoms with Crippen molar-refractivity contribution >= 4 is 0 Å². The van der Waals surface area contributed by atoms with Crippen LogP contribution in [0.2, 0.25) is 0 Å². The van der Waals surface area contributed by atoms with Crippen LogP contribution in [-0.2, 0) is 11.2 Å². The molecule has 0 spiro atoms. The summed E-state index contributed by atoms with van der Waals surface area (Å²) < 4.78 is 11.1. The lowest BCUT2D eigenvalue weighted by Crippen LogP contribution is -2.12. The number of rotatable bonds is 7. The van der Waals surface area contributed by atoms with Gasteiger partial charge in [0.05, 0.1) is 12.7 Å². The predicted octanol–water partition coefficient (Wildman–Crippen LogP) is 1.99. The average molecular weight is 223 g/mol. The smallest absolute Gasteiger partial charge is 0.122 e. The second kappa shape index (κ2) is 7.25. The Bertz CT molecular complexity index is 300. The van der Waals surface area contributed by atoms with Crippen LogP contribution in [0.3, 0.4) is 0 Å². The minimum absolute atomic E-state index is 0.253. The van der Waals surface area contributed by atoms with Gasteiger partial charge in [0.2, 0.25) is 0 Å². The highest BCUT2D eigenvalue weighted by atomic mass is 16.5. The highest BCUT2D eigenvalue weighted by molar-refractivity contribution is 5.33. The lowest BCUT2D eigenvalue weighted by molar-refractivity contribution is 0.0551. The molecule has 0 atom stereocenters. The molecule has 2 N–H and O–H groups in total. The summed E-state index contributed by atoms with van der Waals surface area (Å²) in [5, 5.41) is 0. The van der Waals surface area contributed by atoms with Gasteiger partial charge >= 0.3 is 0 Å². The van der Waals surface area contributed by atoms with Gasteiger partial charge in [0, 0.05) is 0 Å². The van der Waals surface area contributed by atoms with Crippen molar-refractivity contribution in [2.45, 2.75) is 26.4 Å². The molecule has 0 aliphatic carbocycles. The predicted molar refractivity (Wildman–Crippen MR) is 65.8 cm³/mol. The van der Waals surface area contributed by atoms with Crippen LogP contribution in [0.4, 0.5) is 0 Å². The van der Waals surface area contributed by atoms with Gasteiger partial charge in [0.15, 0.2) is 0 Å². The molecule has 1 aromatic carbocycles. The molecule has 0 saturated carbocycles. The van der Waals surface area contributed by atoms with Crippen LogP contribution >= 0.6 is 0 Å². The maximum Gasteiger partial charge on any atom is 0.122 e. The summed E-state index contributed by atoms with van der Waals surface area (Å²) in [5.74, 6) is 0.917. The van der Waals surface area contributed by atoms with E-state index >= 15 is 0 Å². The standard InChI is InChI=1S/C13H21NO2/c1-11(2)15-9-10-16-13-6-4-3-5-12(13)7-8-14/h3-6,11H,7-10,14H2,1-2H3. The van der Waals surface area contributed by atoms with Crippen molar-refractivity contribution in [3.63, 3.8) is 0 Å². The highest BCUT2D eigenvalue weighted by Gasteiger charge is 2.01. The molecule has 0 saturated heterocycles. The maximum atomic E-state index is 5.66. The molecule has 1 rings (SSSR count). The summed E-state index contributed by atoms with van der Waals surface area (Å²) >= 11 is 0. The summed E-state index contributed by atoms with van der Waals surface area (Å²) in [6.07, 6.45) is 1.10. The van der Waals surface area contributed by atoms with Gasteiger partial charge in [-0.05, 0) is 38.4 Å². The monoisotopic (exact) mass is 223 g/mol. The Morgan fingerprint density at radius 3 is 2.62 bits per heavy atom. The van der Waals surface area contributed by atoms with E-state index in [2.05, 4.69) is 0 Å². The molecular weight excluding hydrogens is 202 g/mol. The van der Waals surface area contributed by atoms with E-state index in [4.69, 9.17) is 15.2 Å². The summed E-state index contributed by atoms with van der Waals surface area (Å²) in [6, 6.07) is 7.99. The van der Waals surface area contributed by atoms with Crippen molar-refractivity contribution in [1.29, 1.82) is 0 Å². The Balaban J connectivity index is 2.40. The van der Waals surface area contributed by atoms with E-state index in [-0.39, 0.29) is 6.10 Å². The summed E-state index contributed by atoms with van der Waals surface area (Å²) in [7, 11) is 0. The molecule has 0 heterocycles. The van der Waals surface area contributed by atoms with Crippen LogP contribution in [-0.4, -0.2) is 25.9 Å². The zero-order valence-electron chi connectivity index (χ0n) is 10.1. The fourth-order valence-electron chi connectivity index (χ4n) is 1.44. The van der Waals surface area contributed by atoms with Crippen molar-refractivity contribution in [3.05, 3.63) is 29.8 Å². The first kappa shape index (κ1) is 13.0. The number of ether oxygens (including phenoxy) is 2. The van der Waals surface area contributed by atoms with Crippen molar-refractivity contribution in [1.82, 2.24) is 0 Å². The second-order valence-electron chi connectivity index (χ2n) is 3.91. The van der Waals surface area contributed by atoms with E-state index in [0.717, 1.165) is 17.7 Å². The van der Waals surface area contributed by atoms with E-state index in [1.54, 1.807) is 0 Å². The van der Waals surface area contributed by atoms with Gasteiger partial charge in [-0.25, -0.2) is 0 Å². The number of nitrogens with two attached hydrogens (primary N) is 1. The zero-order valence-corrected chi connectivity index (χ0v) is 10.1. The summed E-state index contributed by atoms with van der Waals surface area (Å²) in [5.41, 5.74) is 6.71. The molecule has 0 aromatic heterocycles. The summed E-state index contributed by atoms with van der Waals surface area (Å²) in [4.78, 5) is 0. The van der Waals surface area contributed by atoms with Crippen molar-refractivity contribution in [3.8, 4) is 5.75 Å². The van der Waals surface area contributed by atoms with Gasteiger partial charge in [-0.3, -0.25) is 0 Å². The van der Waals surface area contributed by atoms with Gasteiger partial charge in [0.25, 0.3) is 0 Å². The Morgan fingerprint density at radius 2 is 1.94 bits per heavy atom. The first-order valence-electron chi connectivity index (χ1n) is 5.76. The van der Waals surface area contributed by atoms with E-state index in [1.807, 2.05) is 38.1 Å². The van der Waals surface area contributed by atoms with Gasteiger partial charge in [-0.1, -0.05) is 18.2 Å². The fourth-order valence-corrected chi connectivity index (χ4v) is 1.44. The first-order chi connectivity index (χ1) is 7.74. The van der Waals surface area contributed by atoms with E-state index in [9.17, 15) is 0 Å². The van der Waals surface area contributed by atoms with Crippen LogP contribution in [0.1, 0.15) is 19.4 Å². The second-order valence-corrected chi connectivity index (χ2v) is 3.91. The Morgan fingerprint density at radius 1 is 1.19 bits per heavy atom. The first-order valence-corrected chi connectivity index (χ1v) is 5.76. The van der Waals surface area contributed by atoms with Crippen LogP contribution in [0.15, 0.2) is 24.3 Å². The number of benzene rings is 1. The Labute approximate surface area is 97.6 Å². The molecular formula is C13H21NO2. The zero-order chi connectivity index (χ0) is 11.8. The van der Waals surface area contributed by atoms with E-state index < -0.39 is 0 Å². The number of hydrogen-bond donors (Lipinski definition) is 1. The minimum atomic E-state index is 0.253. The van der Waals surface area contributed by atoms with Gasteiger partial charge in [0.1, 0.15) is 12.4 Å². The molecule has 0 radical (unpaired) electrons. The fraction of sp³-hybridized carbons (Fsp3) is 0.538. The molecule has 0 aliphatic heterocycles. The van der Waals surface area contributed by atoms with Gasteiger partial charge in [-0.2, -0.15) is 0 Å². The minimum Gasteiger partial charge on any atom is -0.491 e. The molecule has 0 aliphatic rings. The molecule has 16 heavy (non-hydrogen) atoms. The third-order valence-corrected chi connectivity index (χ3v) is 2.18. The van der Waals surface area contributed by atoms with Crippen molar-refractivity contribution < 1.29 is 9.47 Å². The van der Waals surface area contributed by atoms with E-state index in [1.165, 1.54) is 0 Å². The quantitative estimate of drug-likeness (QED) is 0.719. The molecule has 0 amide bonds. The van der Waals surface area contributed by atoms with Crippen LogP contribution < -0.4 is 10.5 Å². The van der Waals surface area contributed by atoms with Crippen LogP contribution in [0, 0.1) is 0 Å². The highest BCUT2D eigenvalue weighted by Crippen LogP contribution is 2.17. The Kier molecular flexibility index (Phi) is 5.90. The topological polar surface area (TPSA) is 44.5 Å². The van der Waals surface area contributed by atoms with Crippen molar-refractivity contribution in [2.75, 3.05) is 19.8 Å². The van der Waals surface area contributed by atoms with Gasteiger partial charge < -0.3 is 15.2 Å². The Hall–Kier alpha value is -1.06. The molecule has 0 bridgehead atoms. The maximum absolute atomic E-state index is 5.66. The number of para-hydroxylation sites is 1. The normalized spacial score (nSPS) is 10.8. The third-order valence-electron chi connectivity index (χ3n) is 2.18. The van der Waals surface area contributed by atoms with Crippen molar-refractivity contribution in [2.24, 2.45) is 5.73 Å². The van der Waals surface area contributed by atoms with Crippen LogP contribution in [0.5, 0.6) is 5.75 Å². The molecule has 3 heteroatoms. The molecule has 90 valence electrons. The lowest BCUT2D eigenvalue weighted by atomic mass is 10.1. The van der Waals surface area contributed by atoms with Crippen LogP contribution in [0.25, 0.3) is 0 Å². The van der Waals surface area contributed by atoms with Gasteiger partial charge in [-0.15, -0.1) is 0 Å². The summed E-state index contributed by atoms with van der Waals surface area (Å²) in [6.45, 7) is 5.88. The SMILES string of the molecule is CC(C)OCCOc1ccccc1CCN. The largest absolute Gasteiger partial charge is 0.491 e. The average Bonchev–Trinajstić information content (AvgIpc) is 2.26. The van der Waals surface area contributed by atoms with E-state index in [0.29, 0.717) is 19.8 Å². The molecule has 0 fully saturated rings. The third kappa shape index (κ3) is 4.64.